The fraction of sp³-hybridized carbons (Fsp3) is 0.390. The van der Waals surface area contributed by atoms with Crippen molar-refractivity contribution in [3.63, 3.8) is 0 Å². The Labute approximate surface area is 258 Å². The molecular formula is C41H46N2. The summed E-state index contributed by atoms with van der Waals surface area (Å²) in [7, 11) is 0. The van der Waals surface area contributed by atoms with Crippen LogP contribution in [0.25, 0.3) is 39.2 Å². The van der Waals surface area contributed by atoms with Crippen LogP contribution in [0, 0.1) is 6.92 Å². The standard InChI is InChI=1S/C41H46N2/c1-25(2)31-16-13-17-32(26(3)4)39(31)43-37-19-12-11-18-36(37)42-40(43)30-22-27(5)38-34(24-30)33-23-29(28-14-9-8-10-15-28)20-21-35(33)41(38,6)7/h11-13,16-26,28H,8-10,14-15H2,1-7H3. The van der Waals surface area contributed by atoms with E-state index >= 15 is 0 Å². The summed E-state index contributed by atoms with van der Waals surface area (Å²) < 4.78 is 2.47. The highest BCUT2D eigenvalue weighted by Crippen LogP contribution is 2.52. The summed E-state index contributed by atoms with van der Waals surface area (Å²) in [5, 5.41) is 0. The van der Waals surface area contributed by atoms with Gasteiger partial charge in [0.15, 0.2) is 0 Å². The largest absolute Gasteiger partial charge is 0.292 e. The molecule has 220 valence electrons. The minimum atomic E-state index is -0.0203. The third-order valence-corrected chi connectivity index (χ3v) is 10.4. The molecule has 4 aromatic carbocycles. The number of imidazole rings is 1. The number of para-hydroxylation sites is 3. The normalized spacial score (nSPS) is 16.3. The van der Waals surface area contributed by atoms with Crippen LogP contribution < -0.4 is 0 Å². The number of rotatable bonds is 5. The van der Waals surface area contributed by atoms with Crippen LogP contribution in [0.2, 0.25) is 0 Å². The molecule has 1 heterocycles. The third-order valence-electron chi connectivity index (χ3n) is 10.4. The minimum Gasteiger partial charge on any atom is -0.292 e. The SMILES string of the molecule is Cc1cc(-c2nc3ccccc3n2-c2c(C(C)C)cccc2C(C)C)cc2c1C(C)(C)c1ccc(C3CCCCC3)cc1-2. The number of fused-ring (bicyclic) bond motifs is 4. The first-order valence-corrected chi connectivity index (χ1v) is 16.6. The lowest BCUT2D eigenvalue weighted by atomic mass is 9.79. The molecule has 0 saturated heterocycles. The molecule has 2 aliphatic rings. The topological polar surface area (TPSA) is 17.8 Å². The second-order valence-corrected chi connectivity index (χ2v) is 14.3. The number of hydrogen-bond donors (Lipinski definition) is 0. The molecule has 0 aliphatic heterocycles. The maximum absolute atomic E-state index is 5.37. The summed E-state index contributed by atoms with van der Waals surface area (Å²) in [5.41, 5.74) is 16.1. The van der Waals surface area contributed by atoms with Gasteiger partial charge in [-0.15, -0.1) is 0 Å². The molecule has 0 atom stereocenters. The Kier molecular flexibility index (Phi) is 6.88. The van der Waals surface area contributed by atoms with Gasteiger partial charge in [0.25, 0.3) is 0 Å². The third kappa shape index (κ3) is 4.48. The fourth-order valence-electron chi connectivity index (χ4n) is 8.33. The summed E-state index contributed by atoms with van der Waals surface area (Å²) >= 11 is 0. The molecule has 0 amide bonds. The lowest BCUT2D eigenvalue weighted by Gasteiger charge is -2.25. The van der Waals surface area contributed by atoms with Gasteiger partial charge in [-0.05, 0) is 106 Å². The molecule has 1 aromatic heterocycles. The summed E-state index contributed by atoms with van der Waals surface area (Å²) in [6.45, 7) is 16.4. The van der Waals surface area contributed by atoms with Gasteiger partial charge in [0.2, 0.25) is 0 Å². The van der Waals surface area contributed by atoms with Crippen molar-refractivity contribution in [2.45, 2.75) is 104 Å². The maximum Gasteiger partial charge on any atom is 0.145 e. The highest BCUT2D eigenvalue weighted by atomic mass is 15.1. The second kappa shape index (κ2) is 10.5. The van der Waals surface area contributed by atoms with Crippen molar-refractivity contribution >= 4 is 11.0 Å². The van der Waals surface area contributed by atoms with Crippen LogP contribution >= 0.6 is 0 Å². The van der Waals surface area contributed by atoms with E-state index < -0.39 is 0 Å². The summed E-state index contributed by atoms with van der Waals surface area (Å²) in [6.07, 6.45) is 6.76. The molecule has 0 radical (unpaired) electrons. The number of hydrogen-bond acceptors (Lipinski definition) is 1. The van der Waals surface area contributed by atoms with Gasteiger partial charge in [-0.3, -0.25) is 4.57 Å². The number of aryl methyl sites for hydroxylation is 1. The molecule has 2 nitrogen and oxygen atoms in total. The van der Waals surface area contributed by atoms with Crippen molar-refractivity contribution in [2.24, 2.45) is 0 Å². The maximum atomic E-state index is 5.37. The van der Waals surface area contributed by atoms with Crippen molar-refractivity contribution < 1.29 is 0 Å². The summed E-state index contributed by atoms with van der Waals surface area (Å²) in [4.78, 5) is 5.37. The van der Waals surface area contributed by atoms with E-state index in [1.54, 1.807) is 0 Å². The number of benzene rings is 4. The van der Waals surface area contributed by atoms with Gasteiger partial charge < -0.3 is 0 Å². The van der Waals surface area contributed by atoms with E-state index in [1.165, 1.54) is 93.4 Å². The summed E-state index contributed by atoms with van der Waals surface area (Å²) in [5.74, 6) is 2.53. The van der Waals surface area contributed by atoms with Crippen LogP contribution in [-0.2, 0) is 5.41 Å². The lowest BCUT2D eigenvalue weighted by Crippen LogP contribution is -2.16. The van der Waals surface area contributed by atoms with Crippen molar-refractivity contribution in [3.8, 4) is 28.2 Å². The molecule has 2 heteroatoms. The zero-order chi connectivity index (χ0) is 30.0. The van der Waals surface area contributed by atoms with E-state index in [2.05, 4.69) is 126 Å². The average Bonchev–Trinajstić information content (AvgIpc) is 3.49. The Morgan fingerprint density at radius 3 is 2.16 bits per heavy atom. The van der Waals surface area contributed by atoms with E-state index in [9.17, 15) is 0 Å². The first-order valence-electron chi connectivity index (χ1n) is 16.6. The Bertz CT molecular complexity index is 1820. The minimum absolute atomic E-state index is 0.0203. The predicted octanol–water partition coefficient (Wildman–Crippen LogP) is 11.6. The molecule has 0 spiro atoms. The Hall–Kier alpha value is -3.65. The van der Waals surface area contributed by atoms with Crippen LogP contribution in [0.3, 0.4) is 0 Å². The Morgan fingerprint density at radius 2 is 1.47 bits per heavy atom. The monoisotopic (exact) mass is 566 g/mol. The highest BCUT2D eigenvalue weighted by Gasteiger charge is 2.38. The van der Waals surface area contributed by atoms with E-state index in [0.717, 1.165) is 11.3 Å². The van der Waals surface area contributed by atoms with Crippen molar-refractivity contribution in [3.05, 3.63) is 106 Å². The summed E-state index contributed by atoms with van der Waals surface area (Å²) in [6, 6.07) is 27.8. The van der Waals surface area contributed by atoms with Crippen molar-refractivity contribution in [2.75, 3.05) is 0 Å². The van der Waals surface area contributed by atoms with E-state index in [4.69, 9.17) is 4.98 Å². The smallest absolute Gasteiger partial charge is 0.145 e. The van der Waals surface area contributed by atoms with Gasteiger partial charge in [0, 0.05) is 11.0 Å². The molecule has 1 fully saturated rings. The van der Waals surface area contributed by atoms with Crippen LogP contribution in [0.4, 0.5) is 0 Å². The molecule has 5 aromatic rings. The van der Waals surface area contributed by atoms with Gasteiger partial charge in [0.05, 0.1) is 16.7 Å². The van der Waals surface area contributed by atoms with Crippen molar-refractivity contribution in [1.29, 1.82) is 0 Å². The van der Waals surface area contributed by atoms with E-state index in [0.29, 0.717) is 17.8 Å². The van der Waals surface area contributed by atoms with Gasteiger partial charge >= 0.3 is 0 Å². The van der Waals surface area contributed by atoms with Gasteiger partial charge in [-0.1, -0.05) is 109 Å². The zero-order valence-electron chi connectivity index (χ0n) is 27.1. The Balaban J connectivity index is 1.49. The molecule has 0 N–H and O–H groups in total. The molecule has 0 bridgehead atoms. The van der Waals surface area contributed by atoms with Crippen LogP contribution in [-0.4, -0.2) is 9.55 Å². The fourth-order valence-corrected chi connectivity index (χ4v) is 8.33. The highest BCUT2D eigenvalue weighted by molar-refractivity contribution is 5.89. The number of nitrogens with zero attached hydrogens (tertiary/aromatic N) is 2. The first kappa shape index (κ1) is 28.1. The molecule has 2 aliphatic carbocycles. The molecule has 7 rings (SSSR count). The van der Waals surface area contributed by atoms with E-state index in [1.807, 2.05) is 0 Å². The second-order valence-electron chi connectivity index (χ2n) is 14.3. The quantitative estimate of drug-likeness (QED) is 0.207. The van der Waals surface area contributed by atoms with Crippen LogP contribution in [0.1, 0.15) is 125 Å². The van der Waals surface area contributed by atoms with Gasteiger partial charge in [-0.2, -0.15) is 0 Å². The predicted molar refractivity (Wildman–Crippen MR) is 183 cm³/mol. The Morgan fingerprint density at radius 1 is 0.767 bits per heavy atom. The van der Waals surface area contributed by atoms with Crippen molar-refractivity contribution in [1.82, 2.24) is 9.55 Å². The lowest BCUT2D eigenvalue weighted by molar-refractivity contribution is 0.443. The zero-order valence-corrected chi connectivity index (χ0v) is 27.1. The van der Waals surface area contributed by atoms with Gasteiger partial charge in [0.1, 0.15) is 5.82 Å². The first-order chi connectivity index (χ1) is 20.7. The number of aromatic nitrogens is 2. The molecular weight excluding hydrogens is 520 g/mol. The molecule has 1 saturated carbocycles. The van der Waals surface area contributed by atoms with Gasteiger partial charge in [-0.25, -0.2) is 4.98 Å². The molecule has 43 heavy (non-hydrogen) atoms. The molecule has 0 unspecified atom stereocenters. The van der Waals surface area contributed by atoms with E-state index in [-0.39, 0.29) is 5.41 Å². The van der Waals surface area contributed by atoms with Crippen LogP contribution in [0.5, 0.6) is 0 Å². The average molecular weight is 567 g/mol. The van der Waals surface area contributed by atoms with Crippen LogP contribution in [0.15, 0.2) is 72.8 Å².